The quantitative estimate of drug-likeness (QED) is 0.470. The van der Waals surface area contributed by atoms with Gasteiger partial charge in [-0.2, -0.15) is 0 Å². The van der Waals surface area contributed by atoms with Crippen LogP contribution in [-0.4, -0.2) is 23.4 Å². The molecule has 4 rings (SSSR count). The second-order valence-corrected chi connectivity index (χ2v) is 10.6. The summed E-state index contributed by atoms with van der Waals surface area (Å²) in [6, 6.07) is 10.9. The van der Waals surface area contributed by atoms with Crippen molar-refractivity contribution in [2.45, 2.75) is 46.5 Å². The number of aliphatic hydroxyl groups is 1. The van der Waals surface area contributed by atoms with Crippen molar-refractivity contribution in [3.63, 3.8) is 0 Å². The van der Waals surface area contributed by atoms with Gasteiger partial charge in [-0.3, -0.25) is 4.79 Å². The fourth-order valence-electron chi connectivity index (χ4n) is 3.83. The van der Waals surface area contributed by atoms with Crippen LogP contribution in [0, 0.1) is 15.0 Å². The van der Waals surface area contributed by atoms with Crippen molar-refractivity contribution in [3.8, 4) is 5.75 Å². The second kappa shape index (κ2) is 10.5. The van der Waals surface area contributed by atoms with Gasteiger partial charge in [0.25, 0.3) is 0 Å². The lowest BCUT2D eigenvalue weighted by Gasteiger charge is -2.15. The summed E-state index contributed by atoms with van der Waals surface area (Å²) < 4.78 is 7.96. The van der Waals surface area contributed by atoms with E-state index in [1.807, 2.05) is 30.3 Å². The molecule has 1 aliphatic carbocycles. The Morgan fingerprint density at radius 1 is 1.15 bits per heavy atom. The van der Waals surface area contributed by atoms with Crippen LogP contribution in [0.3, 0.4) is 0 Å². The number of aliphatic hydroxyl groups excluding tert-OH is 1. The molecule has 2 aliphatic heterocycles. The van der Waals surface area contributed by atoms with Gasteiger partial charge in [-0.25, -0.2) is 4.79 Å². The Bertz CT molecular complexity index is 1470. The van der Waals surface area contributed by atoms with Gasteiger partial charge in [0.05, 0.1) is 24.7 Å². The van der Waals surface area contributed by atoms with Gasteiger partial charge in [-0.05, 0) is 25.3 Å². The molecule has 1 aromatic carbocycles. The zero-order valence-electron chi connectivity index (χ0n) is 19.4. The Morgan fingerprint density at radius 3 is 2.56 bits per heavy atom. The topological polar surface area (TPSA) is 85.2 Å². The molecular weight excluding hydrogens is 470 g/mol. The number of rotatable bonds is 8. The number of hydrogen-bond acceptors (Lipinski definition) is 8. The van der Waals surface area contributed by atoms with Gasteiger partial charge in [0.15, 0.2) is 0 Å². The van der Waals surface area contributed by atoms with E-state index in [4.69, 9.17) is 9.57 Å². The zero-order valence-corrected chi connectivity index (χ0v) is 21.1. The third-order valence-corrected chi connectivity index (χ3v) is 8.48. The monoisotopic (exact) mass is 497 g/mol. The molecule has 34 heavy (non-hydrogen) atoms. The highest BCUT2D eigenvalue weighted by Gasteiger charge is 2.29. The van der Waals surface area contributed by atoms with E-state index in [-0.39, 0.29) is 16.4 Å². The Kier molecular flexibility index (Phi) is 7.48. The molecule has 0 fully saturated rings. The van der Waals surface area contributed by atoms with E-state index in [1.165, 1.54) is 29.6 Å². The van der Waals surface area contributed by atoms with E-state index in [0.717, 1.165) is 31.2 Å². The second-order valence-electron chi connectivity index (χ2n) is 8.27. The molecule has 6 nitrogen and oxygen atoms in total. The predicted octanol–water partition coefficient (Wildman–Crippen LogP) is 4.29. The maximum Gasteiger partial charge on any atom is 0.370 e. The molecule has 1 atom stereocenters. The number of nitrogens with zero attached hydrogens (tertiary/aromatic N) is 1. The molecule has 0 saturated heterocycles. The Labute approximate surface area is 205 Å². The summed E-state index contributed by atoms with van der Waals surface area (Å²) in [6.07, 6.45) is 4.34. The summed E-state index contributed by atoms with van der Waals surface area (Å²) in [5, 5.41) is 14.4. The van der Waals surface area contributed by atoms with E-state index < -0.39 is 5.97 Å². The van der Waals surface area contributed by atoms with Crippen LogP contribution in [0.15, 0.2) is 46.3 Å². The molecule has 1 unspecified atom stereocenters. The van der Waals surface area contributed by atoms with E-state index in [1.54, 1.807) is 6.07 Å². The van der Waals surface area contributed by atoms with Crippen molar-refractivity contribution in [2.75, 3.05) is 6.61 Å². The number of oxime groups is 1. The first-order chi connectivity index (χ1) is 16.4. The number of ether oxygens (including phenoxy) is 1. The number of unbranched alkanes of at least 4 members (excludes halogenated alkanes) is 1. The van der Waals surface area contributed by atoms with Crippen LogP contribution in [0.4, 0.5) is 0 Å². The molecule has 2 heterocycles. The van der Waals surface area contributed by atoms with Crippen LogP contribution >= 0.6 is 22.7 Å². The molecule has 0 saturated carbocycles. The summed E-state index contributed by atoms with van der Waals surface area (Å²) in [5.74, 6) is 0.343. The average molecular weight is 498 g/mol. The molecule has 0 aromatic heterocycles. The lowest BCUT2D eigenvalue weighted by Crippen LogP contribution is -2.27. The molecule has 1 N–H and O–H groups in total. The molecule has 1 aromatic rings. The normalized spacial score (nSPS) is 16.9. The van der Waals surface area contributed by atoms with Crippen LogP contribution < -0.4 is 19.2 Å². The van der Waals surface area contributed by atoms with Crippen molar-refractivity contribution in [3.05, 3.63) is 70.3 Å². The fraction of sp³-hybridized carbons (Fsp3) is 0.346. The Morgan fingerprint density at radius 2 is 1.88 bits per heavy atom. The maximum atomic E-state index is 13.1. The SMILES string of the molecule is CCCCC(CC)COc1c/c(=C(/C)O)c(=O)c2s/c(=C3\C(=O)ON=C3c3ccccc3)sc1=2. The van der Waals surface area contributed by atoms with Gasteiger partial charge in [0, 0.05) is 5.56 Å². The lowest BCUT2D eigenvalue weighted by molar-refractivity contribution is -0.135. The Balaban J connectivity index is 1.88. The first-order valence-electron chi connectivity index (χ1n) is 11.4. The summed E-state index contributed by atoms with van der Waals surface area (Å²) >= 11 is 2.52. The van der Waals surface area contributed by atoms with Crippen molar-refractivity contribution in [2.24, 2.45) is 11.1 Å². The smallest absolute Gasteiger partial charge is 0.370 e. The minimum atomic E-state index is -0.549. The van der Waals surface area contributed by atoms with Crippen molar-refractivity contribution in [1.82, 2.24) is 0 Å². The summed E-state index contributed by atoms with van der Waals surface area (Å²) in [7, 11) is 0. The highest BCUT2D eigenvalue weighted by atomic mass is 32.2. The van der Waals surface area contributed by atoms with Gasteiger partial charge in [0.1, 0.15) is 22.8 Å². The minimum absolute atomic E-state index is 0.0609. The Hall–Kier alpha value is -2.97. The van der Waals surface area contributed by atoms with Gasteiger partial charge in [-0.15, -0.1) is 22.7 Å². The first-order valence-corrected chi connectivity index (χ1v) is 13.1. The van der Waals surface area contributed by atoms with E-state index in [0.29, 0.717) is 42.5 Å². The molecule has 178 valence electrons. The molecule has 0 radical (unpaired) electrons. The third-order valence-electron chi connectivity index (χ3n) is 5.87. The fourth-order valence-corrected chi connectivity index (χ4v) is 6.48. The highest BCUT2D eigenvalue weighted by Crippen LogP contribution is 2.23. The number of hydrogen-bond donors (Lipinski definition) is 1. The largest absolute Gasteiger partial charge is 0.512 e. The van der Waals surface area contributed by atoms with E-state index in [2.05, 4.69) is 19.0 Å². The van der Waals surface area contributed by atoms with E-state index >= 15 is 0 Å². The summed E-state index contributed by atoms with van der Waals surface area (Å²) in [5.41, 5.74) is 1.26. The number of benzene rings is 1. The van der Waals surface area contributed by atoms with Gasteiger partial charge in [-0.1, -0.05) is 68.6 Å². The summed E-state index contributed by atoms with van der Waals surface area (Å²) in [4.78, 5) is 30.8. The predicted molar refractivity (Wildman–Crippen MR) is 136 cm³/mol. The molecule has 0 spiro atoms. The van der Waals surface area contributed by atoms with Gasteiger partial charge < -0.3 is 14.7 Å². The standard InChI is InChI=1S/C26H27NO5S2/c1-4-6-10-16(5-2)14-31-19-13-18(15(3)28)22(29)24-23(19)33-26(34-24)20-21(27-32-25(20)30)17-11-8-7-9-12-17/h7-9,11-13,16,28H,4-6,10,14H2,1-3H3/b18-15+,26-20-. The van der Waals surface area contributed by atoms with Crippen LogP contribution in [-0.2, 0) is 9.63 Å². The zero-order chi connectivity index (χ0) is 24.2. The van der Waals surface area contributed by atoms with Crippen molar-refractivity contribution in [1.29, 1.82) is 0 Å². The molecule has 3 aliphatic rings. The van der Waals surface area contributed by atoms with Crippen LogP contribution in [0.2, 0.25) is 0 Å². The van der Waals surface area contributed by atoms with Gasteiger partial charge >= 0.3 is 5.97 Å². The van der Waals surface area contributed by atoms with Crippen LogP contribution in [0.25, 0.3) is 11.3 Å². The first kappa shape index (κ1) is 24.2. The van der Waals surface area contributed by atoms with Crippen LogP contribution in [0.1, 0.15) is 52.0 Å². The summed E-state index contributed by atoms with van der Waals surface area (Å²) in [6.45, 7) is 6.34. The highest BCUT2D eigenvalue weighted by molar-refractivity contribution is 7.25. The van der Waals surface area contributed by atoms with Crippen molar-refractivity contribution < 1.29 is 19.5 Å². The molecular formula is C26H27NO5S2. The lowest BCUT2D eigenvalue weighted by atomic mass is 10.0. The van der Waals surface area contributed by atoms with E-state index in [9.17, 15) is 14.7 Å². The van der Waals surface area contributed by atoms with Crippen molar-refractivity contribution >= 4 is 45.7 Å². The number of carbonyl (C=O) groups is 1. The van der Waals surface area contributed by atoms with Gasteiger partial charge in [0.2, 0.25) is 5.43 Å². The van der Waals surface area contributed by atoms with Crippen LogP contribution in [0.5, 0.6) is 5.75 Å². The number of carbonyl (C=O) groups excluding carboxylic acids is 1. The minimum Gasteiger partial charge on any atom is -0.512 e. The average Bonchev–Trinajstić information content (AvgIpc) is 3.45. The third kappa shape index (κ3) is 4.79. The molecule has 8 heteroatoms. The maximum absolute atomic E-state index is 13.1. The molecule has 0 amide bonds. The molecule has 0 bridgehead atoms.